The molecule has 3 heterocycles. The van der Waals surface area contributed by atoms with Gasteiger partial charge in [0.05, 0.1) is 12.2 Å². The molecule has 1 aromatic heterocycles. The number of amides is 1. The molecule has 5 rings (SSSR count). The monoisotopic (exact) mass is 414 g/mol. The van der Waals surface area contributed by atoms with Crippen LogP contribution in [0.2, 0.25) is 0 Å². The van der Waals surface area contributed by atoms with Crippen molar-refractivity contribution >= 4 is 17.2 Å². The second kappa shape index (κ2) is 8.13. The molecule has 0 spiro atoms. The lowest BCUT2D eigenvalue weighted by molar-refractivity contribution is -0.135. The largest absolute Gasteiger partial charge is 0.339 e. The predicted molar refractivity (Wildman–Crippen MR) is 112 cm³/mol. The fourth-order valence-electron chi connectivity index (χ4n) is 4.48. The summed E-state index contributed by atoms with van der Waals surface area (Å²) in [7, 11) is 0. The Morgan fingerprint density at radius 2 is 1.86 bits per heavy atom. The third kappa shape index (κ3) is 4.09. The first-order chi connectivity index (χ1) is 14.2. The summed E-state index contributed by atoms with van der Waals surface area (Å²) in [4.78, 5) is 25.7. The number of hydrogen-bond donors (Lipinski definition) is 0. The van der Waals surface area contributed by atoms with E-state index in [0.29, 0.717) is 6.54 Å². The molecule has 5 nitrogen and oxygen atoms in total. The molecule has 0 radical (unpaired) electrons. The van der Waals surface area contributed by atoms with E-state index in [2.05, 4.69) is 9.80 Å². The number of carbonyl (C=O) groups excluding carboxylic acids is 1. The van der Waals surface area contributed by atoms with Crippen LogP contribution < -0.4 is 0 Å². The third-order valence-corrected chi connectivity index (χ3v) is 7.65. The highest BCUT2D eigenvalue weighted by atomic mass is 32.1. The van der Waals surface area contributed by atoms with Gasteiger partial charge in [-0.15, -0.1) is 11.3 Å². The van der Waals surface area contributed by atoms with Gasteiger partial charge in [-0.2, -0.15) is 0 Å². The van der Waals surface area contributed by atoms with Gasteiger partial charge in [-0.1, -0.05) is 6.42 Å². The smallest absolute Gasteiger partial charge is 0.236 e. The molecule has 2 aliphatic heterocycles. The topological polar surface area (TPSA) is 39.7 Å². The van der Waals surface area contributed by atoms with Crippen molar-refractivity contribution in [1.82, 2.24) is 19.7 Å². The van der Waals surface area contributed by atoms with Gasteiger partial charge >= 0.3 is 0 Å². The maximum atomic E-state index is 13.2. The van der Waals surface area contributed by atoms with Crippen LogP contribution in [0.25, 0.3) is 10.6 Å². The maximum absolute atomic E-state index is 13.2. The summed E-state index contributed by atoms with van der Waals surface area (Å²) in [5, 5.41) is 0.940. The van der Waals surface area contributed by atoms with Gasteiger partial charge in [0.1, 0.15) is 10.8 Å². The van der Waals surface area contributed by atoms with E-state index in [1.807, 2.05) is 4.90 Å². The minimum atomic E-state index is -0.228. The first-order valence-electron chi connectivity index (χ1n) is 10.6. The van der Waals surface area contributed by atoms with E-state index in [1.165, 1.54) is 36.3 Å². The van der Waals surface area contributed by atoms with Crippen LogP contribution in [-0.2, 0) is 17.8 Å². The highest BCUT2D eigenvalue weighted by Crippen LogP contribution is 2.32. The molecular formula is C22H27FN4OS. The van der Waals surface area contributed by atoms with Crippen LogP contribution >= 0.6 is 11.3 Å². The number of carbonyl (C=O) groups is 1. The number of nitrogens with zero attached hydrogens (tertiary/aromatic N) is 4. The van der Waals surface area contributed by atoms with Gasteiger partial charge in [-0.05, 0) is 37.1 Å². The van der Waals surface area contributed by atoms with E-state index in [9.17, 15) is 9.18 Å². The second-order valence-electron chi connectivity index (χ2n) is 8.36. The van der Waals surface area contributed by atoms with E-state index in [1.54, 1.807) is 23.5 Å². The van der Waals surface area contributed by atoms with Crippen LogP contribution in [0.4, 0.5) is 4.39 Å². The zero-order valence-corrected chi connectivity index (χ0v) is 17.5. The second-order valence-corrected chi connectivity index (χ2v) is 9.44. The van der Waals surface area contributed by atoms with Gasteiger partial charge in [-0.3, -0.25) is 14.6 Å². The molecule has 2 fully saturated rings. The summed E-state index contributed by atoms with van der Waals surface area (Å²) < 4.78 is 13.2. The van der Waals surface area contributed by atoms with Gasteiger partial charge in [0.15, 0.2) is 0 Å². The quantitative estimate of drug-likeness (QED) is 0.771. The zero-order valence-electron chi connectivity index (χ0n) is 16.6. The number of rotatable bonds is 4. The molecule has 1 amide bonds. The summed E-state index contributed by atoms with van der Waals surface area (Å²) in [6.07, 6.45) is 4.90. The number of benzene rings is 1. The molecule has 3 aliphatic rings. The Morgan fingerprint density at radius 1 is 1.10 bits per heavy atom. The third-order valence-electron chi connectivity index (χ3n) is 6.52. The van der Waals surface area contributed by atoms with Crippen molar-refractivity contribution in [3.63, 3.8) is 0 Å². The van der Waals surface area contributed by atoms with E-state index >= 15 is 0 Å². The molecule has 154 valence electrons. The number of halogens is 1. The van der Waals surface area contributed by atoms with Gasteiger partial charge in [0.2, 0.25) is 5.91 Å². The minimum absolute atomic E-state index is 0.228. The Labute approximate surface area is 175 Å². The van der Waals surface area contributed by atoms with Crippen LogP contribution in [-0.4, -0.2) is 70.9 Å². The van der Waals surface area contributed by atoms with Crippen LogP contribution in [0.15, 0.2) is 24.3 Å². The number of piperazine rings is 1. The molecule has 0 unspecified atom stereocenters. The first kappa shape index (κ1) is 19.2. The van der Waals surface area contributed by atoms with E-state index < -0.39 is 0 Å². The molecule has 1 saturated heterocycles. The molecule has 0 N–H and O–H groups in total. The summed E-state index contributed by atoms with van der Waals surface area (Å²) in [5.41, 5.74) is 2.09. The zero-order chi connectivity index (χ0) is 19.8. The number of thiazole rings is 1. The molecule has 1 saturated carbocycles. The molecule has 1 aliphatic carbocycles. The average molecular weight is 415 g/mol. The SMILES string of the molecule is O=C(CN1CCc2nc(-c3ccc(F)cc3)sc2C1)N1CCN(C2CCC2)CC1. The standard InChI is InChI=1S/C22H27FN4OS/c23-17-6-4-16(5-7-17)22-24-19-8-9-25(14-20(19)29-22)15-21(28)27-12-10-26(11-13-27)18-2-1-3-18/h4-7,18H,1-3,8-15H2. The lowest BCUT2D eigenvalue weighted by atomic mass is 9.91. The van der Waals surface area contributed by atoms with Gasteiger partial charge < -0.3 is 4.90 Å². The van der Waals surface area contributed by atoms with Gasteiger partial charge in [0.25, 0.3) is 0 Å². The molecule has 0 atom stereocenters. The number of fused-ring (bicyclic) bond motifs is 1. The van der Waals surface area contributed by atoms with Crippen molar-refractivity contribution in [2.75, 3.05) is 39.3 Å². The molecule has 0 bridgehead atoms. The van der Waals surface area contributed by atoms with Crippen LogP contribution in [0.1, 0.15) is 29.8 Å². The average Bonchev–Trinajstić information content (AvgIpc) is 3.11. The van der Waals surface area contributed by atoms with E-state index in [0.717, 1.165) is 68.0 Å². The summed E-state index contributed by atoms with van der Waals surface area (Å²) in [6.45, 7) is 5.92. The van der Waals surface area contributed by atoms with Crippen LogP contribution in [0, 0.1) is 5.82 Å². The summed E-state index contributed by atoms with van der Waals surface area (Å²) in [6, 6.07) is 7.29. The van der Waals surface area contributed by atoms with Crippen molar-refractivity contribution in [3.8, 4) is 10.6 Å². The Balaban J connectivity index is 1.17. The Hall–Kier alpha value is -1.83. The molecule has 29 heavy (non-hydrogen) atoms. The van der Waals surface area contributed by atoms with E-state index in [4.69, 9.17) is 4.98 Å². The first-order valence-corrected chi connectivity index (χ1v) is 11.5. The lowest BCUT2D eigenvalue weighted by Gasteiger charge is -2.43. The van der Waals surface area contributed by atoms with Crippen molar-refractivity contribution in [2.24, 2.45) is 0 Å². The Morgan fingerprint density at radius 3 is 2.55 bits per heavy atom. The van der Waals surface area contributed by atoms with Gasteiger partial charge in [0, 0.05) is 62.2 Å². The van der Waals surface area contributed by atoms with Crippen molar-refractivity contribution < 1.29 is 9.18 Å². The predicted octanol–water partition coefficient (Wildman–Crippen LogP) is 3.00. The minimum Gasteiger partial charge on any atom is -0.339 e. The maximum Gasteiger partial charge on any atom is 0.236 e. The molecule has 1 aromatic carbocycles. The van der Waals surface area contributed by atoms with Crippen molar-refractivity contribution in [2.45, 2.75) is 38.3 Å². The fourth-order valence-corrected chi connectivity index (χ4v) is 5.63. The normalized spacial score (nSPS) is 21.1. The van der Waals surface area contributed by atoms with Crippen LogP contribution in [0.5, 0.6) is 0 Å². The Kier molecular flexibility index (Phi) is 5.37. The van der Waals surface area contributed by atoms with Crippen molar-refractivity contribution in [3.05, 3.63) is 40.7 Å². The Bertz CT molecular complexity index is 871. The summed E-state index contributed by atoms with van der Waals surface area (Å²) in [5.74, 6) is 0.0262. The van der Waals surface area contributed by atoms with Crippen LogP contribution in [0.3, 0.4) is 0 Å². The van der Waals surface area contributed by atoms with Gasteiger partial charge in [-0.25, -0.2) is 9.37 Å². The number of hydrogen-bond acceptors (Lipinski definition) is 5. The van der Waals surface area contributed by atoms with E-state index in [-0.39, 0.29) is 11.7 Å². The number of aromatic nitrogens is 1. The molecular weight excluding hydrogens is 387 g/mol. The summed E-state index contributed by atoms with van der Waals surface area (Å²) >= 11 is 1.67. The fraction of sp³-hybridized carbons (Fsp3) is 0.545. The molecule has 7 heteroatoms. The van der Waals surface area contributed by atoms with Crippen molar-refractivity contribution in [1.29, 1.82) is 0 Å². The highest BCUT2D eigenvalue weighted by Gasteiger charge is 2.30. The molecule has 2 aromatic rings. The lowest BCUT2D eigenvalue weighted by Crippen LogP contribution is -2.55. The highest BCUT2D eigenvalue weighted by molar-refractivity contribution is 7.15.